The van der Waals surface area contributed by atoms with Crippen molar-refractivity contribution in [2.24, 2.45) is 0 Å². The zero-order chi connectivity index (χ0) is 25.3. The van der Waals surface area contributed by atoms with E-state index >= 15 is 0 Å². The molecule has 0 atom stereocenters. The Morgan fingerprint density at radius 2 is 1.47 bits per heavy atom. The molecule has 0 radical (unpaired) electrons. The average Bonchev–Trinajstić information content (AvgIpc) is 3.59. The normalized spacial score (nSPS) is 12.1. The molecule has 0 aromatic heterocycles. The van der Waals surface area contributed by atoms with Gasteiger partial charge in [0, 0.05) is 19.3 Å². The molecule has 4 N–H and O–H groups in total. The molecule has 0 aliphatic heterocycles. The lowest BCUT2D eigenvalue weighted by Crippen LogP contribution is -2.23. The minimum absolute atomic E-state index is 0.00598. The Labute approximate surface area is 189 Å². The van der Waals surface area contributed by atoms with E-state index in [2.05, 4.69) is 10.6 Å². The number of halogens is 3. The summed E-state index contributed by atoms with van der Waals surface area (Å²) in [6.45, 7) is 11.8. The molecule has 0 unspecified atom stereocenters. The molecular formula is C24H37F3N2O3. The summed E-state index contributed by atoms with van der Waals surface area (Å²) < 4.78 is 42.0. The van der Waals surface area contributed by atoms with Crippen molar-refractivity contribution in [2.45, 2.75) is 59.4 Å². The van der Waals surface area contributed by atoms with Gasteiger partial charge in [-0.05, 0) is 56.0 Å². The van der Waals surface area contributed by atoms with E-state index in [1.54, 1.807) is 13.0 Å². The molecule has 5 nitrogen and oxygen atoms in total. The summed E-state index contributed by atoms with van der Waals surface area (Å²) >= 11 is 0. The number of anilines is 3. The molecule has 0 bridgehead atoms. The Morgan fingerprint density at radius 1 is 0.938 bits per heavy atom. The molecule has 3 rings (SSSR count). The van der Waals surface area contributed by atoms with Gasteiger partial charge in [-0.1, -0.05) is 33.8 Å². The van der Waals surface area contributed by atoms with Crippen LogP contribution in [0.2, 0.25) is 0 Å². The third kappa shape index (κ3) is 9.28. The van der Waals surface area contributed by atoms with Crippen molar-refractivity contribution in [1.82, 2.24) is 0 Å². The monoisotopic (exact) mass is 458 g/mol. The van der Waals surface area contributed by atoms with E-state index in [-0.39, 0.29) is 23.5 Å². The summed E-state index contributed by atoms with van der Waals surface area (Å²) in [4.78, 5) is 8.00. The Bertz CT molecular complexity index is 785. The van der Waals surface area contributed by atoms with Crippen molar-refractivity contribution in [2.75, 3.05) is 24.4 Å². The Morgan fingerprint density at radius 3 is 1.94 bits per heavy atom. The molecule has 1 fully saturated rings. The van der Waals surface area contributed by atoms with Crippen molar-refractivity contribution in [3.05, 3.63) is 53.3 Å². The number of carbonyl (C=O) groups excluding carboxylic acids is 1. The fraction of sp³-hybridized carbons (Fsp3) is 0.458. The molecule has 2 aromatic rings. The van der Waals surface area contributed by atoms with Gasteiger partial charge in [0.25, 0.3) is 0 Å². The van der Waals surface area contributed by atoms with E-state index in [0.717, 1.165) is 31.6 Å². The van der Waals surface area contributed by atoms with Crippen molar-refractivity contribution in [3.63, 3.8) is 0 Å². The minimum Gasteiger partial charge on any atom is -0.400 e. The van der Waals surface area contributed by atoms with Crippen LogP contribution in [-0.2, 0) is 4.79 Å². The van der Waals surface area contributed by atoms with Gasteiger partial charge in [0.1, 0.15) is 18.3 Å². The van der Waals surface area contributed by atoms with E-state index in [1.807, 2.05) is 34.5 Å². The van der Waals surface area contributed by atoms with Crippen LogP contribution >= 0.6 is 0 Å². The molecule has 0 saturated heterocycles. The first-order chi connectivity index (χ1) is 15.4. The van der Waals surface area contributed by atoms with Crippen LogP contribution in [0.3, 0.4) is 0 Å². The number of aryl methyl sites for hydroxylation is 1. The zero-order valence-electron chi connectivity index (χ0n) is 19.9. The van der Waals surface area contributed by atoms with E-state index in [1.165, 1.54) is 18.2 Å². The van der Waals surface area contributed by atoms with Crippen LogP contribution in [0.5, 0.6) is 0 Å². The highest BCUT2D eigenvalue weighted by Crippen LogP contribution is 2.44. The number of hydrogen-bond acceptors (Lipinski definition) is 5. The Balaban J connectivity index is 0. The molecule has 32 heavy (non-hydrogen) atoms. The van der Waals surface area contributed by atoms with Crippen LogP contribution in [-0.4, -0.2) is 36.3 Å². The predicted molar refractivity (Wildman–Crippen MR) is 126 cm³/mol. The quantitative estimate of drug-likeness (QED) is 0.430. The predicted octanol–water partition coefficient (Wildman–Crippen LogP) is 5.96. The van der Waals surface area contributed by atoms with Crippen molar-refractivity contribution >= 4 is 23.9 Å². The van der Waals surface area contributed by atoms with Gasteiger partial charge < -0.3 is 25.6 Å². The fourth-order valence-electron chi connectivity index (χ4n) is 2.72. The molecule has 0 spiro atoms. The first-order valence-electron chi connectivity index (χ1n) is 10.6. The average molecular weight is 459 g/mol. The number of aliphatic hydroxyl groups excluding tert-OH is 2. The summed E-state index contributed by atoms with van der Waals surface area (Å²) in [5.74, 6) is -2.62. The number of nitrogens with one attached hydrogen (secondary N) is 2. The molecule has 0 amide bonds. The van der Waals surface area contributed by atoms with E-state index < -0.39 is 17.5 Å². The topological polar surface area (TPSA) is 81.6 Å². The van der Waals surface area contributed by atoms with Gasteiger partial charge >= 0.3 is 0 Å². The Hall–Kier alpha value is -2.58. The largest absolute Gasteiger partial charge is 0.400 e. The zero-order valence-corrected chi connectivity index (χ0v) is 19.9. The lowest BCUT2D eigenvalue weighted by molar-refractivity contribution is -0.0980. The molecule has 8 heteroatoms. The highest BCUT2D eigenvalue weighted by atomic mass is 19.2. The van der Waals surface area contributed by atoms with Gasteiger partial charge in [0.15, 0.2) is 11.6 Å². The second kappa shape index (κ2) is 17.0. The van der Waals surface area contributed by atoms with E-state index in [9.17, 15) is 13.2 Å². The van der Waals surface area contributed by atoms with Crippen LogP contribution in [0.4, 0.5) is 30.2 Å². The van der Waals surface area contributed by atoms with Gasteiger partial charge in [-0.15, -0.1) is 0 Å². The maximum atomic E-state index is 14.3. The molecular weight excluding hydrogens is 421 g/mol. The highest BCUT2D eigenvalue weighted by molar-refractivity contribution is 5.76. The first-order valence-corrected chi connectivity index (χ1v) is 10.6. The third-order valence-corrected chi connectivity index (χ3v) is 4.32. The lowest BCUT2D eigenvalue weighted by Gasteiger charge is -2.21. The first kappa shape index (κ1) is 31.6. The maximum Gasteiger partial charge on any atom is 0.184 e. The Kier molecular flexibility index (Phi) is 16.8. The van der Waals surface area contributed by atoms with Gasteiger partial charge in [0.05, 0.1) is 11.4 Å². The number of hydrogen-bond donors (Lipinski definition) is 4. The number of carbonyl (C=O) groups is 1. The fourth-order valence-corrected chi connectivity index (χ4v) is 2.72. The van der Waals surface area contributed by atoms with E-state index in [4.69, 9.17) is 15.0 Å². The lowest BCUT2D eigenvalue weighted by atomic mass is 10.1. The second-order valence-electron chi connectivity index (χ2n) is 6.27. The van der Waals surface area contributed by atoms with Gasteiger partial charge in [-0.3, -0.25) is 0 Å². The highest BCUT2D eigenvalue weighted by Gasteiger charge is 2.42. The second-order valence-corrected chi connectivity index (χ2v) is 6.27. The number of aliphatic hydroxyl groups is 2. The van der Waals surface area contributed by atoms with E-state index in [0.29, 0.717) is 12.1 Å². The molecule has 182 valence electrons. The van der Waals surface area contributed by atoms with Crippen molar-refractivity contribution in [3.8, 4) is 0 Å². The van der Waals surface area contributed by atoms with Crippen LogP contribution in [0.15, 0.2) is 30.3 Å². The maximum absolute atomic E-state index is 14.3. The summed E-state index contributed by atoms with van der Waals surface area (Å²) in [6.07, 6.45) is 2.19. The minimum atomic E-state index is -1.07. The third-order valence-electron chi connectivity index (χ3n) is 4.32. The summed E-state index contributed by atoms with van der Waals surface area (Å²) in [5, 5.41) is 22.0. The number of benzene rings is 2. The van der Waals surface area contributed by atoms with Crippen molar-refractivity contribution < 1.29 is 28.2 Å². The van der Waals surface area contributed by atoms with Crippen LogP contribution < -0.4 is 10.6 Å². The summed E-state index contributed by atoms with van der Waals surface area (Å²) in [5.41, 5.74) is 0.708. The molecule has 2 aromatic carbocycles. The van der Waals surface area contributed by atoms with Crippen LogP contribution in [0.25, 0.3) is 0 Å². The van der Waals surface area contributed by atoms with Gasteiger partial charge in [-0.25, -0.2) is 13.2 Å². The van der Waals surface area contributed by atoms with Gasteiger partial charge in [-0.2, -0.15) is 0 Å². The van der Waals surface area contributed by atoms with Crippen LogP contribution in [0, 0.1) is 24.4 Å². The summed E-state index contributed by atoms with van der Waals surface area (Å²) in [7, 11) is 1.00. The molecule has 1 aliphatic carbocycles. The van der Waals surface area contributed by atoms with Gasteiger partial charge in [0.2, 0.25) is 0 Å². The SMILES string of the molecule is C=O.CC.CC.CO.Cc1ccc(Nc2c(NC3(CCO)CC3)ccc(F)c2F)c(F)c1. The number of rotatable bonds is 6. The molecule has 1 aliphatic rings. The smallest absolute Gasteiger partial charge is 0.184 e. The van der Waals surface area contributed by atoms with Crippen molar-refractivity contribution in [1.29, 1.82) is 0 Å². The molecule has 1 saturated carbocycles. The summed E-state index contributed by atoms with van der Waals surface area (Å²) in [6, 6.07) is 6.94. The molecule has 0 heterocycles. The van der Waals surface area contributed by atoms with Crippen LogP contribution in [0.1, 0.15) is 52.5 Å². The standard InChI is InChI=1S/C18H19F3N2O.2C2H6.CH4O.CH2O/c1-11-2-4-14(13(20)10-11)22-17-15(5-3-12(19)16(17)21)23-18(6-7-18)8-9-24;4*1-2/h2-5,10,22-24H,6-9H2,1H3;2*1-2H3;2H,1H3;1H2.